The zero-order valence-corrected chi connectivity index (χ0v) is 12.8. The van der Waals surface area contributed by atoms with Crippen LogP contribution in [0.4, 0.5) is 0 Å². The van der Waals surface area contributed by atoms with Crippen molar-refractivity contribution in [2.45, 2.75) is 39.7 Å². The summed E-state index contributed by atoms with van der Waals surface area (Å²) in [5.41, 5.74) is 0. The molecule has 0 aliphatic carbocycles. The fourth-order valence-electron chi connectivity index (χ4n) is 1.63. The van der Waals surface area contributed by atoms with Crippen LogP contribution in [0.15, 0.2) is 0 Å². The van der Waals surface area contributed by atoms with Crippen LogP contribution in [-0.4, -0.2) is 48.1 Å². The van der Waals surface area contributed by atoms with E-state index in [1.807, 2.05) is 20.8 Å². The van der Waals surface area contributed by atoms with Crippen LogP contribution in [0.1, 0.15) is 33.6 Å². The third kappa shape index (κ3) is 7.94. The van der Waals surface area contributed by atoms with E-state index in [-0.39, 0.29) is 0 Å². The Morgan fingerprint density at radius 1 is 0.944 bits per heavy atom. The normalized spacial score (nSPS) is 11.7. The second kappa shape index (κ2) is 11.8. The average Bonchev–Trinajstić information content (AvgIpc) is 2.35. The predicted octanol–water partition coefficient (Wildman–Crippen LogP) is 2.03. The summed E-state index contributed by atoms with van der Waals surface area (Å²) in [7, 11) is -2.51. The van der Waals surface area contributed by atoms with Gasteiger partial charge in [-0.3, -0.25) is 0 Å². The molecule has 0 saturated carbocycles. The van der Waals surface area contributed by atoms with Crippen molar-refractivity contribution in [1.29, 1.82) is 0 Å². The van der Waals surface area contributed by atoms with E-state index >= 15 is 0 Å². The first kappa shape index (κ1) is 17.7. The number of ether oxygens (including phenoxy) is 1. The number of hydrogen-bond acceptors (Lipinski definition) is 5. The van der Waals surface area contributed by atoms with Crippen molar-refractivity contribution >= 4 is 15.1 Å². The molecule has 0 heterocycles. The quantitative estimate of drug-likeness (QED) is 0.293. The van der Waals surface area contributed by atoms with Gasteiger partial charge in [-0.05, 0) is 27.2 Å². The summed E-state index contributed by atoms with van der Waals surface area (Å²) in [6.07, 6.45) is 2.13. The predicted molar refractivity (Wildman–Crippen MR) is 71.6 cm³/mol. The molecule has 0 N–H and O–H groups in total. The molecule has 0 saturated heterocycles. The molecule has 18 heavy (non-hydrogen) atoms. The molecule has 0 atom stereocenters. The van der Waals surface area contributed by atoms with Crippen molar-refractivity contribution in [2.24, 2.45) is 0 Å². The van der Waals surface area contributed by atoms with E-state index in [1.54, 1.807) is 0 Å². The van der Waals surface area contributed by atoms with Gasteiger partial charge in [0, 0.05) is 38.9 Å². The fourth-order valence-corrected chi connectivity index (χ4v) is 4.21. The molecule has 0 radical (unpaired) electrons. The van der Waals surface area contributed by atoms with Crippen LogP contribution in [0.3, 0.4) is 0 Å². The molecule has 0 amide bonds. The minimum Gasteiger partial charge on any atom is -0.381 e. The van der Waals surface area contributed by atoms with E-state index in [0.717, 1.165) is 18.8 Å². The molecule has 0 rings (SSSR count). The van der Waals surface area contributed by atoms with Gasteiger partial charge in [0.1, 0.15) is 6.29 Å². The Balaban J connectivity index is 4.00. The van der Waals surface area contributed by atoms with Crippen molar-refractivity contribution < 1.29 is 22.8 Å². The van der Waals surface area contributed by atoms with Crippen LogP contribution in [0.2, 0.25) is 6.04 Å². The monoisotopic (exact) mass is 278 g/mol. The lowest BCUT2D eigenvalue weighted by Gasteiger charge is -2.28. The second-order valence-corrected chi connectivity index (χ2v) is 6.39. The lowest BCUT2D eigenvalue weighted by atomic mass is 10.5. The smallest absolute Gasteiger partial charge is 0.381 e. The van der Waals surface area contributed by atoms with Gasteiger partial charge in [-0.25, -0.2) is 0 Å². The zero-order chi connectivity index (χ0) is 13.7. The van der Waals surface area contributed by atoms with Gasteiger partial charge in [-0.2, -0.15) is 0 Å². The van der Waals surface area contributed by atoms with E-state index in [0.29, 0.717) is 39.5 Å². The molecule has 5 nitrogen and oxygen atoms in total. The number of carbonyl (C=O) groups is 1. The SMILES string of the molecule is CCO[Si](CCCOCCC=O)(OCC)OCC. The third-order valence-electron chi connectivity index (χ3n) is 2.24. The van der Waals surface area contributed by atoms with E-state index in [1.165, 1.54) is 0 Å². The first-order valence-corrected chi connectivity index (χ1v) is 8.61. The minimum atomic E-state index is -2.51. The van der Waals surface area contributed by atoms with Gasteiger partial charge in [0.25, 0.3) is 0 Å². The van der Waals surface area contributed by atoms with Crippen LogP contribution in [0, 0.1) is 0 Å². The third-order valence-corrected chi connectivity index (χ3v) is 5.40. The molecule has 0 aliphatic rings. The van der Waals surface area contributed by atoms with Gasteiger partial charge >= 0.3 is 8.80 Å². The molecular formula is C12H26O5Si. The largest absolute Gasteiger partial charge is 0.501 e. The van der Waals surface area contributed by atoms with Crippen molar-refractivity contribution in [2.75, 3.05) is 33.0 Å². The summed E-state index contributed by atoms with van der Waals surface area (Å²) >= 11 is 0. The maximum atomic E-state index is 10.1. The fraction of sp³-hybridized carbons (Fsp3) is 0.917. The lowest BCUT2D eigenvalue weighted by molar-refractivity contribution is -0.108. The topological polar surface area (TPSA) is 54.0 Å². The lowest BCUT2D eigenvalue weighted by Crippen LogP contribution is -2.46. The Hall–Kier alpha value is -0.273. The minimum absolute atomic E-state index is 0.449. The van der Waals surface area contributed by atoms with Gasteiger partial charge in [0.05, 0.1) is 6.61 Å². The maximum absolute atomic E-state index is 10.1. The Morgan fingerprint density at radius 2 is 1.50 bits per heavy atom. The second-order valence-electron chi connectivity index (χ2n) is 3.65. The molecular weight excluding hydrogens is 252 g/mol. The van der Waals surface area contributed by atoms with E-state index < -0.39 is 8.80 Å². The number of hydrogen-bond donors (Lipinski definition) is 0. The average molecular weight is 278 g/mol. The van der Waals surface area contributed by atoms with E-state index in [4.69, 9.17) is 18.0 Å². The van der Waals surface area contributed by atoms with Crippen LogP contribution < -0.4 is 0 Å². The highest BCUT2D eigenvalue weighted by Crippen LogP contribution is 2.18. The summed E-state index contributed by atoms with van der Waals surface area (Å²) in [6, 6.07) is 0.754. The van der Waals surface area contributed by atoms with Gasteiger partial charge in [-0.1, -0.05) is 0 Å². The van der Waals surface area contributed by atoms with Gasteiger partial charge in [0.15, 0.2) is 0 Å². The molecule has 0 bridgehead atoms. The van der Waals surface area contributed by atoms with Crippen molar-refractivity contribution in [1.82, 2.24) is 0 Å². The Kier molecular flexibility index (Phi) is 11.6. The summed E-state index contributed by atoms with van der Waals surface area (Å²) in [6.45, 7) is 8.71. The highest BCUT2D eigenvalue weighted by molar-refractivity contribution is 6.60. The van der Waals surface area contributed by atoms with Crippen LogP contribution in [0.25, 0.3) is 0 Å². The van der Waals surface area contributed by atoms with Crippen molar-refractivity contribution in [3.8, 4) is 0 Å². The number of carbonyl (C=O) groups excluding carboxylic acids is 1. The van der Waals surface area contributed by atoms with Gasteiger partial charge in [-0.15, -0.1) is 0 Å². The molecule has 0 unspecified atom stereocenters. The van der Waals surface area contributed by atoms with Crippen LogP contribution in [0.5, 0.6) is 0 Å². The summed E-state index contributed by atoms with van der Waals surface area (Å²) < 4.78 is 22.5. The molecule has 6 heteroatoms. The standard InChI is InChI=1S/C12H26O5Si/c1-4-15-18(16-5-2,17-6-3)12-8-11-14-10-7-9-13/h9H,4-8,10-12H2,1-3H3. The first-order valence-electron chi connectivity index (χ1n) is 6.67. The first-order chi connectivity index (χ1) is 8.74. The molecule has 0 fully saturated rings. The number of aldehydes is 1. The molecule has 0 aromatic heterocycles. The summed E-state index contributed by atoms with van der Waals surface area (Å²) in [5.74, 6) is 0. The van der Waals surface area contributed by atoms with E-state index in [2.05, 4.69) is 0 Å². The Labute approximate surface area is 111 Å². The maximum Gasteiger partial charge on any atom is 0.501 e. The zero-order valence-electron chi connectivity index (χ0n) is 11.8. The van der Waals surface area contributed by atoms with Crippen LogP contribution in [-0.2, 0) is 22.8 Å². The molecule has 0 spiro atoms. The molecule has 0 aliphatic heterocycles. The summed E-state index contributed by atoms with van der Waals surface area (Å²) in [4.78, 5) is 10.1. The van der Waals surface area contributed by atoms with Crippen molar-refractivity contribution in [3.05, 3.63) is 0 Å². The van der Waals surface area contributed by atoms with Crippen molar-refractivity contribution in [3.63, 3.8) is 0 Å². The highest BCUT2D eigenvalue weighted by Gasteiger charge is 2.39. The Morgan fingerprint density at radius 3 is 1.94 bits per heavy atom. The highest BCUT2D eigenvalue weighted by atomic mass is 28.4. The van der Waals surface area contributed by atoms with Crippen LogP contribution >= 0.6 is 0 Å². The van der Waals surface area contributed by atoms with Gasteiger partial charge < -0.3 is 22.8 Å². The van der Waals surface area contributed by atoms with Gasteiger partial charge in [0.2, 0.25) is 0 Å². The molecule has 0 aromatic carbocycles. The summed E-state index contributed by atoms with van der Waals surface area (Å²) in [5, 5.41) is 0. The molecule has 108 valence electrons. The number of rotatable bonds is 13. The molecule has 0 aromatic rings. The van der Waals surface area contributed by atoms with E-state index in [9.17, 15) is 4.79 Å². The Bertz CT molecular complexity index is 184.